The Hall–Kier alpha value is -2.58. The molecule has 0 amide bonds. The highest BCUT2D eigenvalue weighted by atomic mass is 16.3. The second-order valence-corrected chi connectivity index (χ2v) is 6.73. The number of benzene rings is 3. The van der Waals surface area contributed by atoms with Crippen LogP contribution in [0, 0.1) is 0 Å². The molecule has 0 spiro atoms. The van der Waals surface area contributed by atoms with Gasteiger partial charge < -0.3 is 10.4 Å². The smallest absolute Gasteiger partial charge is 0.0744 e. The zero-order chi connectivity index (χ0) is 18.0. The second-order valence-electron chi connectivity index (χ2n) is 6.73. The van der Waals surface area contributed by atoms with E-state index in [1.165, 1.54) is 11.1 Å². The predicted molar refractivity (Wildman–Crippen MR) is 109 cm³/mol. The summed E-state index contributed by atoms with van der Waals surface area (Å²) in [7, 11) is 0. The highest BCUT2D eigenvalue weighted by Crippen LogP contribution is 2.17. The van der Waals surface area contributed by atoms with E-state index in [9.17, 15) is 5.11 Å². The van der Waals surface area contributed by atoms with E-state index in [-0.39, 0.29) is 12.1 Å². The highest BCUT2D eigenvalue weighted by molar-refractivity contribution is 5.43. The minimum atomic E-state index is -0.390. The van der Waals surface area contributed by atoms with Crippen molar-refractivity contribution in [3.8, 4) is 0 Å². The van der Waals surface area contributed by atoms with Crippen LogP contribution in [0.4, 0.5) is 5.69 Å². The van der Waals surface area contributed by atoms with E-state index in [0.717, 1.165) is 31.4 Å². The Labute approximate surface area is 156 Å². The summed E-state index contributed by atoms with van der Waals surface area (Å²) in [5, 5.41) is 14.4. The zero-order valence-corrected chi connectivity index (χ0v) is 15.1. The number of anilines is 1. The summed E-state index contributed by atoms with van der Waals surface area (Å²) < 4.78 is 0. The van der Waals surface area contributed by atoms with Gasteiger partial charge in [-0.1, -0.05) is 78.9 Å². The van der Waals surface area contributed by atoms with Crippen LogP contribution < -0.4 is 5.32 Å². The molecular formula is C24H27NO. The van der Waals surface area contributed by atoms with Crippen molar-refractivity contribution >= 4 is 5.69 Å². The van der Waals surface area contributed by atoms with Crippen LogP contribution in [-0.4, -0.2) is 17.3 Å². The minimum Gasteiger partial charge on any atom is -0.391 e. The van der Waals surface area contributed by atoms with E-state index >= 15 is 0 Å². The minimum absolute atomic E-state index is 0.0290. The fourth-order valence-electron chi connectivity index (χ4n) is 3.24. The lowest BCUT2D eigenvalue weighted by atomic mass is 9.96. The molecule has 0 aliphatic carbocycles. The van der Waals surface area contributed by atoms with Gasteiger partial charge in [-0.05, 0) is 48.9 Å². The molecule has 0 bridgehead atoms. The van der Waals surface area contributed by atoms with Crippen LogP contribution in [0.1, 0.15) is 24.0 Å². The maximum Gasteiger partial charge on any atom is 0.0744 e. The standard InChI is InChI=1S/C24H27NO/c26-24(19-17-21-12-6-2-7-13-21)23(25-22-14-8-3-9-15-22)18-16-20-10-4-1-5-11-20/h1-15,23-26H,16-19H2/t23-,24-/m1/s1. The van der Waals surface area contributed by atoms with Crippen LogP contribution in [0.5, 0.6) is 0 Å². The fraction of sp³-hybridized carbons (Fsp3) is 0.250. The molecule has 0 radical (unpaired) electrons. The number of hydrogen-bond donors (Lipinski definition) is 2. The summed E-state index contributed by atoms with van der Waals surface area (Å²) in [5.41, 5.74) is 3.64. The van der Waals surface area contributed by atoms with Gasteiger partial charge in [0, 0.05) is 5.69 Å². The number of para-hydroxylation sites is 1. The number of rotatable bonds is 9. The van der Waals surface area contributed by atoms with Gasteiger partial charge in [0.15, 0.2) is 0 Å². The molecule has 26 heavy (non-hydrogen) atoms. The van der Waals surface area contributed by atoms with Crippen LogP contribution in [0.2, 0.25) is 0 Å². The summed E-state index contributed by atoms with van der Waals surface area (Å²) in [5.74, 6) is 0. The van der Waals surface area contributed by atoms with Gasteiger partial charge in [0.2, 0.25) is 0 Å². The van der Waals surface area contributed by atoms with Gasteiger partial charge in [0.05, 0.1) is 12.1 Å². The van der Waals surface area contributed by atoms with Crippen LogP contribution in [-0.2, 0) is 12.8 Å². The molecule has 2 heteroatoms. The molecule has 0 heterocycles. The Bertz CT molecular complexity index is 743. The normalized spacial score (nSPS) is 13.1. The zero-order valence-electron chi connectivity index (χ0n) is 15.1. The van der Waals surface area contributed by atoms with Gasteiger partial charge >= 0.3 is 0 Å². The molecule has 3 aromatic carbocycles. The maximum atomic E-state index is 10.8. The number of aliphatic hydroxyl groups excluding tert-OH is 1. The molecule has 2 atom stereocenters. The molecular weight excluding hydrogens is 318 g/mol. The topological polar surface area (TPSA) is 32.3 Å². The maximum absolute atomic E-state index is 10.8. The molecule has 0 saturated carbocycles. The first kappa shape index (κ1) is 18.2. The van der Waals surface area contributed by atoms with Crippen molar-refractivity contribution in [2.24, 2.45) is 0 Å². The van der Waals surface area contributed by atoms with Gasteiger partial charge in [-0.15, -0.1) is 0 Å². The lowest BCUT2D eigenvalue weighted by Crippen LogP contribution is -2.34. The molecule has 3 rings (SSSR count). The van der Waals surface area contributed by atoms with Crippen molar-refractivity contribution in [2.45, 2.75) is 37.8 Å². The quantitative estimate of drug-likeness (QED) is 0.566. The average molecular weight is 345 g/mol. The Kier molecular flexibility index (Phi) is 6.86. The van der Waals surface area contributed by atoms with Crippen molar-refractivity contribution in [3.63, 3.8) is 0 Å². The Morgan fingerprint density at radius 3 is 1.62 bits per heavy atom. The highest BCUT2D eigenvalue weighted by Gasteiger charge is 2.19. The van der Waals surface area contributed by atoms with Crippen molar-refractivity contribution in [3.05, 3.63) is 102 Å². The molecule has 0 unspecified atom stereocenters. The first-order valence-electron chi connectivity index (χ1n) is 9.39. The van der Waals surface area contributed by atoms with Gasteiger partial charge in [0.25, 0.3) is 0 Å². The van der Waals surface area contributed by atoms with E-state index in [0.29, 0.717) is 0 Å². The summed E-state index contributed by atoms with van der Waals surface area (Å²) in [6.07, 6.45) is 3.10. The molecule has 2 N–H and O–H groups in total. The summed E-state index contributed by atoms with van der Waals surface area (Å²) >= 11 is 0. The second kappa shape index (κ2) is 9.79. The van der Waals surface area contributed by atoms with Crippen LogP contribution >= 0.6 is 0 Å². The largest absolute Gasteiger partial charge is 0.391 e. The Morgan fingerprint density at radius 2 is 1.08 bits per heavy atom. The van der Waals surface area contributed by atoms with E-state index in [1.807, 2.05) is 30.3 Å². The number of aliphatic hydroxyl groups is 1. The summed E-state index contributed by atoms with van der Waals surface area (Å²) in [6, 6.07) is 31.0. The third-order valence-corrected chi connectivity index (χ3v) is 4.75. The Balaban J connectivity index is 1.62. The molecule has 3 aromatic rings. The molecule has 0 saturated heterocycles. The van der Waals surface area contributed by atoms with Gasteiger partial charge in [-0.25, -0.2) is 0 Å². The first-order valence-corrected chi connectivity index (χ1v) is 9.39. The van der Waals surface area contributed by atoms with E-state index < -0.39 is 0 Å². The average Bonchev–Trinajstić information content (AvgIpc) is 2.71. The van der Waals surface area contributed by atoms with E-state index in [1.54, 1.807) is 0 Å². The van der Waals surface area contributed by atoms with Crippen molar-refractivity contribution in [2.75, 3.05) is 5.32 Å². The summed E-state index contributed by atoms with van der Waals surface area (Å²) in [4.78, 5) is 0. The first-order chi connectivity index (χ1) is 12.8. The summed E-state index contributed by atoms with van der Waals surface area (Å²) in [6.45, 7) is 0. The molecule has 2 nitrogen and oxygen atoms in total. The molecule has 0 aliphatic heterocycles. The van der Waals surface area contributed by atoms with Crippen LogP contribution in [0.3, 0.4) is 0 Å². The molecule has 134 valence electrons. The van der Waals surface area contributed by atoms with Crippen LogP contribution in [0.15, 0.2) is 91.0 Å². The third-order valence-electron chi connectivity index (χ3n) is 4.75. The van der Waals surface area contributed by atoms with Crippen LogP contribution in [0.25, 0.3) is 0 Å². The molecule has 0 fully saturated rings. The lowest BCUT2D eigenvalue weighted by molar-refractivity contribution is 0.139. The predicted octanol–water partition coefficient (Wildman–Crippen LogP) is 5.09. The monoisotopic (exact) mass is 345 g/mol. The SMILES string of the molecule is O[C@H](CCc1ccccc1)[C@@H](CCc1ccccc1)Nc1ccccc1. The number of hydrogen-bond acceptors (Lipinski definition) is 2. The third kappa shape index (κ3) is 5.75. The molecule has 0 aliphatic rings. The fourth-order valence-corrected chi connectivity index (χ4v) is 3.24. The van der Waals surface area contributed by atoms with Gasteiger partial charge in [-0.2, -0.15) is 0 Å². The number of aryl methyl sites for hydroxylation is 2. The van der Waals surface area contributed by atoms with Crippen molar-refractivity contribution in [1.82, 2.24) is 0 Å². The van der Waals surface area contributed by atoms with E-state index in [4.69, 9.17) is 0 Å². The van der Waals surface area contributed by atoms with Gasteiger partial charge in [-0.3, -0.25) is 0 Å². The van der Waals surface area contributed by atoms with Crippen molar-refractivity contribution in [1.29, 1.82) is 0 Å². The Morgan fingerprint density at radius 1 is 0.615 bits per heavy atom. The number of nitrogens with one attached hydrogen (secondary N) is 1. The van der Waals surface area contributed by atoms with Gasteiger partial charge in [0.1, 0.15) is 0 Å². The van der Waals surface area contributed by atoms with Crippen molar-refractivity contribution < 1.29 is 5.11 Å². The van der Waals surface area contributed by atoms with E-state index in [2.05, 4.69) is 66.0 Å². The molecule has 0 aromatic heterocycles. The lowest BCUT2D eigenvalue weighted by Gasteiger charge is -2.25.